The zero-order chi connectivity index (χ0) is 25.0. The number of carboxylic acids is 1. The molecule has 2 aromatic heterocycles. The van der Waals surface area contributed by atoms with Gasteiger partial charge in [0.25, 0.3) is 0 Å². The zero-order valence-electron chi connectivity index (χ0n) is 19.4. The topological polar surface area (TPSA) is 84.2 Å². The molecule has 0 amide bonds. The Morgan fingerprint density at radius 1 is 1.14 bits per heavy atom. The van der Waals surface area contributed by atoms with Gasteiger partial charge in [-0.1, -0.05) is 46.3 Å². The van der Waals surface area contributed by atoms with E-state index in [4.69, 9.17) is 5.10 Å². The lowest BCUT2D eigenvalue weighted by Gasteiger charge is -2.35. The van der Waals surface area contributed by atoms with Crippen LogP contribution in [0.25, 0.3) is 5.69 Å². The Hall–Kier alpha value is -3.49. The molecular weight excluding hydrogens is 538 g/mol. The van der Waals surface area contributed by atoms with Crippen LogP contribution in [0.15, 0.2) is 81.8 Å². The van der Waals surface area contributed by atoms with E-state index < -0.39 is 5.97 Å². The first-order valence-electron chi connectivity index (χ1n) is 11.7. The van der Waals surface area contributed by atoms with E-state index in [2.05, 4.69) is 27.3 Å². The third-order valence-corrected chi connectivity index (χ3v) is 8.48. The Kier molecular flexibility index (Phi) is 5.65. The van der Waals surface area contributed by atoms with Gasteiger partial charge in [0, 0.05) is 44.4 Å². The van der Waals surface area contributed by atoms with Crippen molar-refractivity contribution in [2.75, 3.05) is 5.32 Å². The fourth-order valence-corrected chi connectivity index (χ4v) is 6.68. The number of carbonyl (C=O) groups is 2. The van der Waals surface area contributed by atoms with Crippen molar-refractivity contribution in [3.8, 4) is 5.69 Å². The number of anilines is 1. The lowest BCUT2D eigenvalue weighted by Crippen LogP contribution is -2.30. The number of carboxylic acid groups (broad SMARTS) is 1. The maximum atomic E-state index is 13.7. The van der Waals surface area contributed by atoms with Gasteiger partial charge in [0.05, 0.1) is 16.9 Å². The predicted octanol–water partition coefficient (Wildman–Crippen LogP) is 6.66. The maximum absolute atomic E-state index is 13.7. The number of aromatic nitrogens is 2. The van der Waals surface area contributed by atoms with Crippen LogP contribution < -0.4 is 5.32 Å². The van der Waals surface area contributed by atoms with Gasteiger partial charge in [0.2, 0.25) is 0 Å². The predicted molar refractivity (Wildman–Crippen MR) is 143 cm³/mol. The molecule has 180 valence electrons. The molecule has 2 aromatic carbocycles. The number of nitrogens with one attached hydrogen (secondary N) is 1. The number of hydrogen-bond donors (Lipinski definition) is 2. The number of halogens is 1. The molecule has 0 radical (unpaired) electrons. The molecular formula is C28H22BrN3O3S. The number of fused-ring (bicyclic) bond motifs is 1. The van der Waals surface area contributed by atoms with Gasteiger partial charge < -0.3 is 10.4 Å². The number of rotatable bonds is 4. The average Bonchev–Trinajstić information content (AvgIpc) is 3.51. The third-order valence-electron chi connectivity index (χ3n) is 6.95. The van der Waals surface area contributed by atoms with Crippen molar-refractivity contribution >= 4 is 44.8 Å². The maximum Gasteiger partial charge on any atom is 0.337 e. The van der Waals surface area contributed by atoms with Crippen molar-refractivity contribution in [2.24, 2.45) is 0 Å². The Bertz CT molecular complexity index is 1550. The first-order valence-corrected chi connectivity index (χ1v) is 13.3. The van der Waals surface area contributed by atoms with E-state index in [0.29, 0.717) is 24.3 Å². The van der Waals surface area contributed by atoms with Gasteiger partial charge in [0.1, 0.15) is 5.82 Å². The number of aromatic carboxylic acids is 1. The van der Waals surface area contributed by atoms with E-state index >= 15 is 0 Å². The molecule has 2 aliphatic rings. The van der Waals surface area contributed by atoms with Crippen LogP contribution in [0.5, 0.6) is 0 Å². The van der Waals surface area contributed by atoms with Gasteiger partial charge in [-0.25, -0.2) is 9.48 Å². The van der Waals surface area contributed by atoms with Crippen LogP contribution in [0, 0.1) is 6.92 Å². The molecule has 0 saturated carbocycles. The summed E-state index contributed by atoms with van der Waals surface area (Å²) in [6.45, 7) is 1.92. The van der Waals surface area contributed by atoms with Crippen LogP contribution in [-0.2, 0) is 4.79 Å². The minimum absolute atomic E-state index is 0.109. The van der Waals surface area contributed by atoms with Crippen molar-refractivity contribution in [1.29, 1.82) is 0 Å². The molecule has 2 unspecified atom stereocenters. The van der Waals surface area contributed by atoms with Crippen LogP contribution in [0.4, 0.5) is 5.82 Å². The van der Waals surface area contributed by atoms with Gasteiger partial charge in [-0.05, 0) is 54.6 Å². The normalized spacial score (nSPS) is 19.0. The van der Waals surface area contributed by atoms with Gasteiger partial charge in [0.15, 0.2) is 5.78 Å². The molecule has 0 bridgehead atoms. The third kappa shape index (κ3) is 3.72. The first-order chi connectivity index (χ1) is 17.4. The van der Waals surface area contributed by atoms with E-state index in [-0.39, 0.29) is 23.2 Å². The number of Topliss-reactive ketones (excluding diaryl/α,β-unsaturated/α-hetero) is 1. The fraction of sp³-hybridized carbons (Fsp3) is 0.179. The highest BCUT2D eigenvalue weighted by Gasteiger charge is 2.41. The first kappa shape index (κ1) is 22.9. The second-order valence-corrected chi connectivity index (χ2v) is 11.0. The molecule has 4 aromatic rings. The van der Waals surface area contributed by atoms with Crippen LogP contribution in [-0.4, -0.2) is 26.6 Å². The zero-order valence-corrected chi connectivity index (χ0v) is 21.8. The van der Waals surface area contributed by atoms with E-state index in [9.17, 15) is 14.7 Å². The van der Waals surface area contributed by atoms with Gasteiger partial charge >= 0.3 is 5.97 Å². The number of nitrogens with zero attached hydrogens (tertiary/aromatic N) is 2. The van der Waals surface area contributed by atoms with Crippen molar-refractivity contribution in [2.45, 2.75) is 31.6 Å². The molecule has 36 heavy (non-hydrogen) atoms. The molecule has 6 rings (SSSR count). The minimum atomic E-state index is -1.02. The molecule has 2 atom stereocenters. The molecule has 2 N–H and O–H groups in total. The van der Waals surface area contributed by atoms with Gasteiger partial charge in [-0.3, -0.25) is 4.79 Å². The lowest BCUT2D eigenvalue weighted by molar-refractivity contribution is -0.116. The molecule has 1 aliphatic carbocycles. The molecule has 1 aliphatic heterocycles. The number of allylic oxidation sites excluding steroid dienone is 2. The number of hydrogen-bond acceptors (Lipinski definition) is 5. The van der Waals surface area contributed by atoms with Crippen LogP contribution in [0.1, 0.15) is 56.7 Å². The van der Waals surface area contributed by atoms with Gasteiger partial charge in [-0.2, -0.15) is 5.10 Å². The summed E-state index contributed by atoms with van der Waals surface area (Å²) in [7, 11) is 0. The summed E-state index contributed by atoms with van der Waals surface area (Å²) in [6, 6.07) is 19.0. The summed E-state index contributed by atoms with van der Waals surface area (Å²) in [5.74, 6) is -0.355. The van der Waals surface area contributed by atoms with Crippen molar-refractivity contribution < 1.29 is 14.7 Å². The SMILES string of the molecule is Cc1nn(-c2ccccc2C(=O)O)c2c1C(c1cccc(Br)c1)C1=C(CC(c3cccs3)CC1=O)N2. The van der Waals surface area contributed by atoms with E-state index in [1.54, 1.807) is 40.3 Å². The molecule has 3 heterocycles. The quantitative estimate of drug-likeness (QED) is 0.292. The Labute approximate surface area is 220 Å². The minimum Gasteiger partial charge on any atom is -0.478 e. The molecule has 0 fully saturated rings. The molecule has 6 nitrogen and oxygen atoms in total. The monoisotopic (exact) mass is 559 g/mol. The Morgan fingerprint density at radius 3 is 2.72 bits per heavy atom. The molecule has 0 saturated heterocycles. The fourth-order valence-electron chi connectivity index (χ4n) is 5.43. The second-order valence-electron chi connectivity index (χ2n) is 9.13. The highest BCUT2D eigenvalue weighted by molar-refractivity contribution is 9.10. The number of ketones is 1. The van der Waals surface area contributed by atoms with E-state index in [0.717, 1.165) is 32.6 Å². The summed E-state index contributed by atoms with van der Waals surface area (Å²) in [5.41, 5.74) is 4.96. The largest absolute Gasteiger partial charge is 0.478 e. The van der Waals surface area contributed by atoms with Crippen molar-refractivity contribution in [1.82, 2.24) is 9.78 Å². The average molecular weight is 560 g/mol. The van der Waals surface area contributed by atoms with Crippen molar-refractivity contribution in [3.63, 3.8) is 0 Å². The Morgan fingerprint density at radius 2 is 1.97 bits per heavy atom. The second kappa shape index (κ2) is 8.87. The van der Waals surface area contributed by atoms with Crippen LogP contribution in [0.3, 0.4) is 0 Å². The highest BCUT2D eigenvalue weighted by atomic mass is 79.9. The summed E-state index contributed by atoms with van der Waals surface area (Å²) in [5, 5.41) is 20.2. The van der Waals surface area contributed by atoms with E-state index in [1.807, 2.05) is 42.6 Å². The number of para-hydroxylation sites is 1. The van der Waals surface area contributed by atoms with Gasteiger partial charge in [-0.15, -0.1) is 11.3 Å². The number of aryl methyl sites for hydroxylation is 1. The lowest BCUT2D eigenvalue weighted by atomic mass is 9.73. The smallest absolute Gasteiger partial charge is 0.337 e. The Balaban J connectivity index is 1.57. The summed E-state index contributed by atoms with van der Waals surface area (Å²) < 4.78 is 2.62. The summed E-state index contributed by atoms with van der Waals surface area (Å²) >= 11 is 5.27. The molecule has 8 heteroatoms. The van der Waals surface area contributed by atoms with E-state index in [1.165, 1.54) is 4.88 Å². The number of thiophene rings is 1. The summed E-state index contributed by atoms with van der Waals surface area (Å²) in [6.07, 6.45) is 1.17. The van der Waals surface area contributed by atoms with Crippen LogP contribution >= 0.6 is 27.3 Å². The van der Waals surface area contributed by atoms with Crippen molar-refractivity contribution in [3.05, 3.63) is 109 Å². The van der Waals surface area contributed by atoms with Crippen LogP contribution in [0.2, 0.25) is 0 Å². The molecule has 0 spiro atoms. The highest BCUT2D eigenvalue weighted by Crippen LogP contribution is 2.50. The standard InChI is InChI=1S/C28H22BrN3O3S/c1-15-24-25(16-6-4-7-18(29)12-16)26-20(13-17(14-22(26)33)23-10-5-11-36-23)30-27(24)32(31-15)21-9-3-2-8-19(21)28(34)35/h2-12,17,25,30H,13-14H2,1H3,(H,34,35). The number of benzene rings is 2. The summed E-state index contributed by atoms with van der Waals surface area (Å²) in [4.78, 5) is 26.9. The number of carbonyl (C=O) groups excluding carboxylic acids is 1.